The van der Waals surface area contributed by atoms with Crippen molar-refractivity contribution < 1.29 is 14.1 Å². The topological polar surface area (TPSA) is 102 Å². The van der Waals surface area contributed by atoms with E-state index in [1.54, 1.807) is 12.4 Å². The molecule has 0 bridgehead atoms. The van der Waals surface area contributed by atoms with E-state index in [1.165, 1.54) is 0 Å². The van der Waals surface area contributed by atoms with Crippen molar-refractivity contribution in [3.8, 4) is 17.1 Å². The van der Waals surface area contributed by atoms with Gasteiger partial charge in [0.25, 0.3) is 0 Å². The second kappa shape index (κ2) is 9.99. The molecule has 152 valence electrons. The largest absolute Gasteiger partial charge is 0.489 e. The van der Waals surface area contributed by atoms with Gasteiger partial charge in [0.2, 0.25) is 17.6 Å². The minimum Gasteiger partial charge on any atom is -0.489 e. The molecule has 3 heterocycles. The fourth-order valence-electron chi connectivity index (χ4n) is 2.99. The summed E-state index contributed by atoms with van der Waals surface area (Å²) in [6.45, 7) is 1.55. The van der Waals surface area contributed by atoms with E-state index in [0.717, 1.165) is 36.3 Å². The number of rotatable bonds is 7. The zero-order valence-electron chi connectivity index (χ0n) is 15.7. The van der Waals surface area contributed by atoms with Crippen LogP contribution in [0, 0.1) is 0 Å². The molecule has 3 aromatic rings. The Labute approximate surface area is 174 Å². The van der Waals surface area contributed by atoms with E-state index in [-0.39, 0.29) is 30.9 Å². The van der Waals surface area contributed by atoms with Gasteiger partial charge in [0.1, 0.15) is 12.4 Å². The van der Waals surface area contributed by atoms with Crippen molar-refractivity contribution in [1.29, 1.82) is 0 Å². The molecule has 9 heteroatoms. The molecule has 0 spiro atoms. The first-order chi connectivity index (χ1) is 13.8. The van der Waals surface area contributed by atoms with Crippen LogP contribution in [0.1, 0.15) is 24.3 Å². The number of benzene rings is 1. The first-order valence-corrected chi connectivity index (χ1v) is 9.24. The molecule has 1 unspecified atom stereocenters. The van der Waals surface area contributed by atoms with Crippen molar-refractivity contribution in [3.05, 3.63) is 60.2 Å². The maximum absolute atomic E-state index is 12.0. The van der Waals surface area contributed by atoms with Crippen LogP contribution in [0.25, 0.3) is 11.4 Å². The van der Waals surface area contributed by atoms with E-state index < -0.39 is 0 Å². The number of aromatic nitrogens is 3. The van der Waals surface area contributed by atoms with Crippen LogP contribution in [0.4, 0.5) is 0 Å². The first kappa shape index (κ1) is 20.8. The number of nitrogens with one attached hydrogen (secondary N) is 2. The van der Waals surface area contributed by atoms with Gasteiger partial charge in [-0.25, -0.2) is 0 Å². The zero-order chi connectivity index (χ0) is 19.2. The molecule has 0 saturated carbocycles. The van der Waals surface area contributed by atoms with Crippen molar-refractivity contribution >= 4 is 18.3 Å². The molecule has 1 atom stereocenters. The molecule has 1 fully saturated rings. The quantitative estimate of drug-likeness (QED) is 0.611. The highest BCUT2D eigenvalue weighted by molar-refractivity contribution is 5.85. The van der Waals surface area contributed by atoms with Crippen molar-refractivity contribution in [2.24, 2.45) is 0 Å². The first-order valence-electron chi connectivity index (χ1n) is 9.24. The molecular formula is C20H22ClN5O3. The summed E-state index contributed by atoms with van der Waals surface area (Å²) < 4.78 is 11.0. The van der Waals surface area contributed by atoms with Gasteiger partial charge in [-0.05, 0) is 49.7 Å². The Balaban J connectivity index is 0.00000240. The monoisotopic (exact) mass is 415 g/mol. The Kier molecular flexibility index (Phi) is 7.15. The summed E-state index contributed by atoms with van der Waals surface area (Å²) in [4.78, 5) is 20.4. The molecule has 1 aliphatic heterocycles. The van der Waals surface area contributed by atoms with Crippen molar-refractivity contribution in [1.82, 2.24) is 25.8 Å². The Hall–Kier alpha value is -2.97. The molecule has 2 aromatic heterocycles. The van der Waals surface area contributed by atoms with Crippen molar-refractivity contribution in [2.45, 2.75) is 32.0 Å². The molecule has 2 N–H and O–H groups in total. The standard InChI is InChI=1S/C20H21N5O3.ClH/c26-20(17-4-2-10-22-17)23-12-18-24-19(25-28-18)15-5-7-16(8-6-15)27-13-14-3-1-9-21-11-14;/h1,3,5-9,11,17,22H,2,4,10,12-13H2,(H,23,26);1H. The van der Waals surface area contributed by atoms with E-state index in [9.17, 15) is 4.79 Å². The number of halogens is 1. The lowest BCUT2D eigenvalue weighted by molar-refractivity contribution is -0.123. The van der Waals surface area contributed by atoms with Gasteiger partial charge < -0.3 is 19.9 Å². The van der Waals surface area contributed by atoms with Gasteiger partial charge in [-0.3, -0.25) is 9.78 Å². The Morgan fingerprint density at radius 3 is 2.86 bits per heavy atom. The maximum atomic E-state index is 12.0. The van der Waals surface area contributed by atoms with Crippen LogP contribution in [0.5, 0.6) is 5.75 Å². The summed E-state index contributed by atoms with van der Waals surface area (Å²) in [5.41, 5.74) is 1.82. The van der Waals surface area contributed by atoms with Crippen LogP contribution in [-0.4, -0.2) is 33.6 Å². The number of amides is 1. The highest BCUT2D eigenvalue weighted by Gasteiger charge is 2.22. The minimum atomic E-state index is -0.124. The van der Waals surface area contributed by atoms with E-state index in [1.807, 2.05) is 36.4 Å². The number of ether oxygens (including phenoxy) is 1. The Morgan fingerprint density at radius 1 is 1.28 bits per heavy atom. The molecule has 8 nitrogen and oxygen atoms in total. The SMILES string of the molecule is Cl.O=C(NCc1nc(-c2ccc(OCc3cccnc3)cc2)no1)C1CCCN1. The lowest BCUT2D eigenvalue weighted by atomic mass is 10.2. The molecule has 29 heavy (non-hydrogen) atoms. The highest BCUT2D eigenvalue weighted by Crippen LogP contribution is 2.20. The molecule has 0 radical (unpaired) electrons. The molecule has 1 aromatic carbocycles. The van der Waals surface area contributed by atoms with E-state index in [0.29, 0.717) is 18.3 Å². The van der Waals surface area contributed by atoms with Crippen LogP contribution in [0.3, 0.4) is 0 Å². The van der Waals surface area contributed by atoms with Crippen LogP contribution in [-0.2, 0) is 17.9 Å². The smallest absolute Gasteiger partial charge is 0.246 e. The average Bonchev–Trinajstić information content (AvgIpc) is 3.44. The van der Waals surface area contributed by atoms with Gasteiger partial charge >= 0.3 is 0 Å². The van der Waals surface area contributed by atoms with Crippen LogP contribution in [0.2, 0.25) is 0 Å². The van der Waals surface area contributed by atoms with Crippen LogP contribution in [0.15, 0.2) is 53.3 Å². The minimum absolute atomic E-state index is 0. The zero-order valence-corrected chi connectivity index (χ0v) is 16.5. The van der Waals surface area contributed by atoms with Gasteiger partial charge in [0.15, 0.2) is 0 Å². The summed E-state index contributed by atoms with van der Waals surface area (Å²) in [6.07, 6.45) is 5.38. The van der Waals surface area contributed by atoms with Crippen LogP contribution >= 0.6 is 12.4 Å². The number of pyridine rings is 1. The molecular weight excluding hydrogens is 394 g/mol. The molecule has 1 aliphatic rings. The third-order valence-corrected chi connectivity index (χ3v) is 4.50. The predicted molar refractivity (Wildman–Crippen MR) is 108 cm³/mol. The number of hydrogen-bond acceptors (Lipinski definition) is 7. The lowest BCUT2D eigenvalue weighted by Gasteiger charge is -2.08. The maximum Gasteiger partial charge on any atom is 0.246 e. The number of carbonyl (C=O) groups is 1. The van der Waals surface area contributed by atoms with Gasteiger partial charge in [-0.2, -0.15) is 4.98 Å². The summed E-state index contributed by atoms with van der Waals surface area (Å²) in [7, 11) is 0. The van der Waals surface area contributed by atoms with Gasteiger partial charge in [-0.1, -0.05) is 11.2 Å². The van der Waals surface area contributed by atoms with Gasteiger partial charge in [-0.15, -0.1) is 12.4 Å². The molecule has 4 rings (SSSR count). The second-order valence-corrected chi connectivity index (χ2v) is 6.55. The number of carbonyl (C=O) groups excluding carboxylic acids is 1. The van der Waals surface area contributed by atoms with E-state index >= 15 is 0 Å². The third-order valence-electron chi connectivity index (χ3n) is 4.50. The third kappa shape index (κ3) is 5.52. The van der Waals surface area contributed by atoms with E-state index in [2.05, 4.69) is 25.8 Å². The van der Waals surface area contributed by atoms with Gasteiger partial charge in [0, 0.05) is 23.5 Å². The Bertz CT molecular complexity index is 911. The summed E-state index contributed by atoms with van der Waals surface area (Å²) in [5.74, 6) is 1.56. The second-order valence-electron chi connectivity index (χ2n) is 6.55. The number of hydrogen-bond donors (Lipinski definition) is 2. The molecule has 0 aliphatic carbocycles. The van der Waals surface area contributed by atoms with Crippen LogP contribution < -0.4 is 15.4 Å². The number of nitrogens with zero attached hydrogens (tertiary/aromatic N) is 3. The lowest BCUT2D eigenvalue weighted by Crippen LogP contribution is -2.40. The predicted octanol–water partition coefficient (Wildman–Crippen LogP) is 2.50. The Morgan fingerprint density at radius 2 is 2.14 bits per heavy atom. The van der Waals surface area contributed by atoms with Crippen molar-refractivity contribution in [2.75, 3.05) is 6.54 Å². The summed E-state index contributed by atoms with van der Waals surface area (Å²) >= 11 is 0. The normalized spacial score (nSPS) is 15.5. The van der Waals surface area contributed by atoms with Gasteiger partial charge in [0.05, 0.1) is 12.6 Å². The summed E-state index contributed by atoms with van der Waals surface area (Å²) in [6, 6.07) is 11.2. The average molecular weight is 416 g/mol. The fourth-order valence-corrected chi connectivity index (χ4v) is 2.99. The molecule has 1 amide bonds. The molecule has 1 saturated heterocycles. The highest BCUT2D eigenvalue weighted by atomic mass is 35.5. The van der Waals surface area contributed by atoms with E-state index in [4.69, 9.17) is 9.26 Å². The summed E-state index contributed by atoms with van der Waals surface area (Å²) in [5, 5.41) is 9.96. The fraction of sp³-hybridized carbons (Fsp3) is 0.300. The van der Waals surface area contributed by atoms with Crippen molar-refractivity contribution in [3.63, 3.8) is 0 Å².